The number of aliphatic hydroxyl groups is 2. The Hall–Kier alpha value is -2.01. The molecule has 1 unspecified atom stereocenters. The molecule has 0 aromatic carbocycles. The van der Waals surface area contributed by atoms with E-state index in [0.29, 0.717) is 11.9 Å². The maximum atomic E-state index is 9.79. The number of ether oxygens (including phenoxy) is 1. The lowest BCUT2D eigenvalue weighted by atomic mass is 9.97. The lowest BCUT2D eigenvalue weighted by Gasteiger charge is -2.13. The lowest BCUT2D eigenvalue weighted by molar-refractivity contribution is -0.425. The minimum Gasteiger partial charge on any atom is -0.396 e. The summed E-state index contributed by atoms with van der Waals surface area (Å²) in [4.78, 5) is 11.7. The van der Waals surface area contributed by atoms with Crippen LogP contribution in [0.15, 0.2) is 6.33 Å². The van der Waals surface area contributed by atoms with Gasteiger partial charge in [0.2, 0.25) is 12.4 Å². The van der Waals surface area contributed by atoms with E-state index >= 15 is 0 Å². The van der Waals surface area contributed by atoms with Crippen molar-refractivity contribution in [3.8, 4) is 0 Å². The molecule has 9 N–H and O–H groups in total. The highest BCUT2D eigenvalue weighted by molar-refractivity contribution is 5.82. The second kappa shape index (κ2) is 9.47. The average Bonchev–Trinajstić information content (AvgIpc) is 3.00. The molecule has 0 spiro atoms. The summed E-state index contributed by atoms with van der Waals surface area (Å²) in [5.41, 5.74) is 15.7. The fourth-order valence-electron chi connectivity index (χ4n) is 2.64. The number of anilines is 2. The lowest BCUT2D eigenvalue weighted by Crippen LogP contribution is -2.61. The Balaban J connectivity index is 0.000000269. The van der Waals surface area contributed by atoms with E-state index in [1.165, 1.54) is 43.0 Å². The van der Waals surface area contributed by atoms with Gasteiger partial charge in [-0.2, -0.15) is 9.97 Å². The number of imidazole rings is 1. The molecule has 1 aliphatic rings. The molecule has 10 nitrogen and oxygen atoms in total. The number of nitrogen functional groups attached to an aromatic ring is 2. The third-order valence-corrected chi connectivity index (χ3v) is 4.00. The standard InChI is InChI=1S/C9H14N6O3.C6H13N/c10-6-5-7(14-8(11)13-6)15(4-12-5)9(17)18-3-1-2-16;7-6-4-2-1-3-5-6/h4,9,16-17H,1-3H2,(H4,10,11,13,14);6H,1-5,7H2/p+1. The summed E-state index contributed by atoms with van der Waals surface area (Å²) in [6.07, 6.45) is 7.53. The van der Waals surface area contributed by atoms with Crippen LogP contribution in [0, 0.1) is 0 Å². The van der Waals surface area contributed by atoms with Gasteiger partial charge in [-0.3, -0.25) is 4.57 Å². The summed E-state index contributed by atoms with van der Waals surface area (Å²) in [5.74, 6) is 0.128. The van der Waals surface area contributed by atoms with Gasteiger partial charge >= 0.3 is 0 Å². The zero-order valence-corrected chi connectivity index (χ0v) is 14.3. The van der Waals surface area contributed by atoms with Crippen LogP contribution in [0.1, 0.15) is 44.9 Å². The van der Waals surface area contributed by atoms with Gasteiger partial charge < -0.3 is 32.2 Å². The minimum absolute atomic E-state index is 0.00990. The molecule has 1 saturated carbocycles. The van der Waals surface area contributed by atoms with Gasteiger partial charge in [0, 0.05) is 6.61 Å². The van der Waals surface area contributed by atoms with Crippen LogP contribution >= 0.6 is 0 Å². The molecule has 1 fully saturated rings. The van der Waals surface area contributed by atoms with Crippen molar-refractivity contribution < 1.29 is 20.7 Å². The number of aliphatic hydroxyl groups excluding tert-OH is 2. The first-order valence-electron chi connectivity index (χ1n) is 8.52. The monoisotopic (exact) mass is 354 g/mol. The van der Waals surface area contributed by atoms with Crippen LogP contribution in [0.3, 0.4) is 0 Å². The van der Waals surface area contributed by atoms with Crippen LogP contribution in [-0.2, 0) is 4.74 Å². The van der Waals surface area contributed by atoms with Crippen molar-refractivity contribution in [1.82, 2.24) is 19.5 Å². The van der Waals surface area contributed by atoms with E-state index in [0.717, 1.165) is 6.04 Å². The second-order valence-electron chi connectivity index (χ2n) is 6.07. The third kappa shape index (κ3) is 5.49. The first-order chi connectivity index (χ1) is 12.0. The van der Waals surface area contributed by atoms with Crippen molar-refractivity contribution in [2.45, 2.75) is 51.0 Å². The maximum absolute atomic E-state index is 9.79. The van der Waals surface area contributed by atoms with Crippen LogP contribution in [0.25, 0.3) is 11.2 Å². The zero-order valence-electron chi connectivity index (χ0n) is 14.3. The van der Waals surface area contributed by atoms with Gasteiger partial charge in [0.25, 0.3) is 0 Å². The summed E-state index contributed by atoms with van der Waals surface area (Å²) in [6.45, 7) is 0.187. The third-order valence-electron chi connectivity index (χ3n) is 4.00. The topological polar surface area (TPSA) is 173 Å². The van der Waals surface area contributed by atoms with E-state index in [-0.39, 0.29) is 30.6 Å². The molecule has 0 amide bonds. The van der Waals surface area contributed by atoms with Gasteiger partial charge in [0.05, 0.1) is 12.6 Å². The Morgan fingerprint density at radius 2 is 2.00 bits per heavy atom. The van der Waals surface area contributed by atoms with Crippen LogP contribution in [-0.4, -0.2) is 49.0 Å². The molecule has 1 atom stereocenters. The number of hydrogen-bond acceptors (Lipinski definition) is 8. The fourth-order valence-corrected chi connectivity index (χ4v) is 2.64. The van der Waals surface area contributed by atoms with Crippen LogP contribution < -0.4 is 17.2 Å². The number of fused-ring (bicyclic) bond motifs is 1. The highest BCUT2D eigenvalue weighted by atomic mass is 16.6. The summed E-state index contributed by atoms with van der Waals surface area (Å²) >= 11 is 0. The van der Waals surface area contributed by atoms with E-state index in [1.807, 2.05) is 0 Å². The fraction of sp³-hybridized carbons (Fsp3) is 0.667. The van der Waals surface area contributed by atoms with E-state index < -0.39 is 6.41 Å². The summed E-state index contributed by atoms with van der Waals surface area (Å²) in [5, 5.41) is 18.4. The van der Waals surface area contributed by atoms with Crippen LogP contribution in [0.5, 0.6) is 0 Å². The predicted octanol–water partition coefficient (Wildman–Crippen LogP) is -0.601. The first kappa shape index (κ1) is 19.3. The number of aromatic nitrogens is 4. The predicted molar refractivity (Wildman–Crippen MR) is 92.8 cm³/mol. The van der Waals surface area contributed by atoms with Gasteiger partial charge in [0.1, 0.15) is 6.33 Å². The molecule has 2 aromatic heterocycles. The molecule has 0 radical (unpaired) electrons. The molecule has 25 heavy (non-hydrogen) atoms. The second-order valence-corrected chi connectivity index (χ2v) is 6.07. The molecular formula is C15H28N7O3+. The van der Waals surface area contributed by atoms with Crippen molar-refractivity contribution in [2.24, 2.45) is 0 Å². The van der Waals surface area contributed by atoms with Gasteiger partial charge in [-0.25, -0.2) is 4.98 Å². The molecule has 10 heteroatoms. The minimum atomic E-state index is -1.27. The molecule has 2 aromatic rings. The average molecular weight is 354 g/mol. The largest absolute Gasteiger partial charge is 0.396 e. The molecule has 3 rings (SSSR count). The van der Waals surface area contributed by atoms with Crippen molar-refractivity contribution >= 4 is 22.9 Å². The van der Waals surface area contributed by atoms with Gasteiger partial charge in [0.15, 0.2) is 17.0 Å². The highest BCUT2D eigenvalue weighted by Crippen LogP contribution is 2.20. The number of nitrogens with zero attached hydrogens (tertiary/aromatic N) is 4. The van der Waals surface area contributed by atoms with Crippen molar-refractivity contribution in [3.63, 3.8) is 0 Å². The van der Waals surface area contributed by atoms with Crippen molar-refractivity contribution in [2.75, 3.05) is 24.7 Å². The van der Waals surface area contributed by atoms with Crippen molar-refractivity contribution in [3.05, 3.63) is 6.33 Å². The Morgan fingerprint density at radius 1 is 1.28 bits per heavy atom. The van der Waals surface area contributed by atoms with Gasteiger partial charge in [-0.05, 0) is 32.1 Å². The number of hydrogen-bond donors (Lipinski definition) is 5. The Morgan fingerprint density at radius 3 is 2.60 bits per heavy atom. The quantitative estimate of drug-likeness (QED) is 0.349. The highest BCUT2D eigenvalue weighted by Gasteiger charge is 2.15. The molecule has 140 valence electrons. The smallest absolute Gasteiger partial charge is 0.244 e. The Kier molecular flexibility index (Phi) is 7.31. The van der Waals surface area contributed by atoms with Crippen LogP contribution in [0.2, 0.25) is 0 Å². The van der Waals surface area contributed by atoms with E-state index in [4.69, 9.17) is 21.3 Å². The van der Waals surface area contributed by atoms with Gasteiger partial charge in [-0.1, -0.05) is 6.42 Å². The Labute approximate surface area is 146 Å². The normalized spacial score (nSPS) is 16.4. The SMILES string of the molecule is Nc1nc(N)c2ncn(C(O)OCCCO)c2n1.[NH3+]C1CCCCC1. The molecule has 0 saturated heterocycles. The molecule has 2 heterocycles. The zero-order chi connectivity index (χ0) is 18.2. The van der Waals surface area contributed by atoms with E-state index in [2.05, 4.69) is 20.7 Å². The molecule has 1 aliphatic carbocycles. The molecule has 0 bridgehead atoms. The maximum Gasteiger partial charge on any atom is 0.244 e. The number of nitrogens with two attached hydrogens (primary N) is 2. The van der Waals surface area contributed by atoms with Gasteiger partial charge in [-0.15, -0.1) is 0 Å². The van der Waals surface area contributed by atoms with E-state index in [9.17, 15) is 5.11 Å². The van der Waals surface area contributed by atoms with Crippen LogP contribution in [0.4, 0.5) is 11.8 Å². The summed E-state index contributed by atoms with van der Waals surface area (Å²) in [6, 6.07) is 0.786. The first-order valence-corrected chi connectivity index (χ1v) is 8.52. The molecule has 0 aliphatic heterocycles. The summed E-state index contributed by atoms with van der Waals surface area (Å²) in [7, 11) is 0. The van der Waals surface area contributed by atoms with Crippen molar-refractivity contribution in [1.29, 1.82) is 0 Å². The molecular weight excluding hydrogens is 326 g/mol. The van der Waals surface area contributed by atoms with E-state index in [1.54, 1.807) is 0 Å². The number of rotatable bonds is 5. The summed E-state index contributed by atoms with van der Waals surface area (Å²) < 4.78 is 6.37. The number of quaternary nitrogens is 1. The Bertz CT molecular complexity index is 658.